The Morgan fingerprint density at radius 2 is 1.44 bits per heavy atom. The number of halogens is 5. The molecule has 0 bridgehead atoms. The summed E-state index contributed by atoms with van der Waals surface area (Å²) < 4.78 is 84.6. The van der Waals surface area contributed by atoms with Gasteiger partial charge in [0.15, 0.2) is 6.10 Å². The highest BCUT2D eigenvalue weighted by molar-refractivity contribution is 5.95. The van der Waals surface area contributed by atoms with E-state index in [-0.39, 0.29) is 13.0 Å². The van der Waals surface area contributed by atoms with Gasteiger partial charge < -0.3 is 14.4 Å². The van der Waals surface area contributed by atoms with Crippen LogP contribution in [0.4, 0.5) is 27.6 Å². The lowest BCUT2D eigenvalue weighted by Crippen LogP contribution is -2.55. The third-order valence-electron chi connectivity index (χ3n) is 10.8. The summed E-state index contributed by atoms with van der Waals surface area (Å²) in [5, 5.41) is 2.13. The van der Waals surface area contributed by atoms with Crippen LogP contribution < -0.4 is 4.90 Å². The van der Waals surface area contributed by atoms with Crippen molar-refractivity contribution in [2.75, 3.05) is 18.6 Å². The summed E-state index contributed by atoms with van der Waals surface area (Å²) in [6, 6.07) is 27.7. The van der Waals surface area contributed by atoms with Gasteiger partial charge in [0.25, 0.3) is 11.5 Å². The number of esters is 1. The van der Waals surface area contributed by atoms with E-state index in [4.69, 9.17) is 9.47 Å². The molecule has 2 aliphatic rings. The lowest BCUT2D eigenvalue weighted by Gasteiger charge is -2.39. The molecule has 0 saturated heterocycles. The quantitative estimate of drug-likeness (QED) is 0.108. The van der Waals surface area contributed by atoms with Gasteiger partial charge in [0.05, 0.1) is 0 Å². The van der Waals surface area contributed by atoms with E-state index in [9.17, 15) is 22.8 Å². The highest BCUT2D eigenvalue weighted by Gasteiger charge is 2.65. The van der Waals surface area contributed by atoms with Gasteiger partial charge in [-0.2, -0.15) is 13.2 Å². The summed E-state index contributed by atoms with van der Waals surface area (Å²) in [7, 11) is 0.685. The van der Waals surface area contributed by atoms with E-state index in [0.717, 1.165) is 52.8 Å². The van der Waals surface area contributed by atoms with Crippen molar-refractivity contribution in [2.45, 2.75) is 88.0 Å². The summed E-state index contributed by atoms with van der Waals surface area (Å²) >= 11 is 0. The van der Waals surface area contributed by atoms with E-state index >= 15 is 8.78 Å². The molecule has 10 heteroatoms. The first kappa shape index (κ1) is 37.4. The topological polar surface area (TPSA) is 55.8 Å². The Balaban J connectivity index is 1.19. The Morgan fingerprint density at radius 1 is 0.788 bits per heavy atom. The van der Waals surface area contributed by atoms with Gasteiger partial charge >= 0.3 is 12.1 Å². The first-order chi connectivity index (χ1) is 24.9. The molecule has 2 aliphatic carbocycles. The van der Waals surface area contributed by atoms with E-state index in [0.29, 0.717) is 19.2 Å². The highest BCUT2D eigenvalue weighted by atomic mass is 19.4. The predicted octanol–water partition coefficient (Wildman–Crippen LogP) is 9.99. The maximum Gasteiger partial charge on any atom is 0.432 e. The van der Waals surface area contributed by atoms with Crippen LogP contribution in [0, 0.1) is 11.8 Å². The number of carbonyl (C=O) groups is 2. The van der Waals surface area contributed by atoms with Gasteiger partial charge in [0.2, 0.25) is 5.91 Å². The number of nitrogens with zero attached hydrogens (tertiary/aromatic N) is 1. The number of amides is 1. The van der Waals surface area contributed by atoms with Crippen molar-refractivity contribution < 1.29 is 41.0 Å². The average molecular weight is 722 g/mol. The number of benzene rings is 4. The fourth-order valence-corrected chi connectivity index (χ4v) is 7.82. The van der Waals surface area contributed by atoms with Crippen LogP contribution in [0.3, 0.4) is 0 Å². The van der Waals surface area contributed by atoms with Crippen LogP contribution in [0.1, 0.15) is 68.1 Å². The molecule has 0 N–H and O–H groups in total. The maximum absolute atomic E-state index is 15.8. The minimum Gasteiger partial charge on any atom is -0.453 e. The van der Waals surface area contributed by atoms with Crippen LogP contribution in [-0.2, 0) is 37.5 Å². The molecule has 0 unspecified atom stereocenters. The van der Waals surface area contributed by atoms with E-state index in [1.54, 1.807) is 0 Å². The molecule has 4 aromatic rings. The zero-order chi connectivity index (χ0) is 36.9. The largest absolute Gasteiger partial charge is 0.453 e. The minimum atomic E-state index is -5.31. The van der Waals surface area contributed by atoms with Crippen molar-refractivity contribution in [2.24, 2.45) is 11.8 Å². The molecule has 2 saturated carbocycles. The molecule has 0 aromatic heterocycles. The molecular formula is C42H44F5NO4. The molecule has 52 heavy (non-hydrogen) atoms. The van der Waals surface area contributed by atoms with Crippen LogP contribution >= 0.6 is 0 Å². The van der Waals surface area contributed by atoms with Crippen molar-refractivity contribution in [1.82, 2.24) is 0 Å². The number of hydrogen-bond acceptors (Lipinski definition) is 4. The van der Waals surface area contributed by atoms with Gasteiger partial charge in [-0.25, -0.2) is 13.6 Å². The number of fused-ring (bicyclic) bond motifs is 1. The number of anilines is 1. The zero-order valence-corrected chi connectivity index (χ0v) is 29.2. The molecule has 0 aliphatic heterocycles. The monoisotopic (exact) mass is 721 g/mol. The Hall–Kier alpha value is -4.31. The maximum atomic E-state index is 15.8. The summed E-state index contributed by atoms with van der Waals surface area (Å²) in [5.74, 6) is -6.67. The van der Waals surface area contributed by atoms with Crippen LogP contribution in [0.25, 0.3) is 10.8 Å². The predicted molar refractivity (Wildman–Crippen MR) is 190 cm³/mol. The fourth-order valence-electron chi connectivity index (χ4n) is 7.82. The van der Waals surface area contributed by atoms with Gasteiger partial charge in [-0.05, 0) is 72.1 Å². The molecule has 276 valence electrons. The molecule has 1 amide bonds. The van der Waals surface area contributed by atoms with Crippen molar-refractivity contribution >= 4 is 28.3 Å². The molecule has 0 heterocycles. The van der Waals surface area contributed by atoms with Gasteiger partial charge in [0.1, 0.15) is 0 Å². The number of methoxy groups -OCH3 is 1. The molecular weight excluding hydrogens is 677 g/mol. The summed E-state index contributed by atoms with van der Waals surface area (Å²) in [4.78, 5) is 28.9. The number of rotatable bonds is 12. The Morgan fingerprint density at radius 3 is 2.10 bits per heavy atom. The smallest absolute Gasteiger partial charge is 0.432 e. The molecule has 2 fully saturated rings. The standard InChI is InChI=1S/C42H44F5NO4/c1-51-41(42(45,46)47,35-13-3-2-4-14-35)39(50)52-37-24-21-34(28-40(37,43)44)38(49)48(26-25-31-17-20-32-11-7-8-12-33(32)27-31)36-22-18-30(19-23-36)16-15-29-9-5-6-10-29/h2-4,7-8,11-14,17-20,22-23,27,29,34,37H,5-6,9-10,15-16,21,24-26,28H2,1H3/t34-,37-,41+/m1/s1. The number of hydrogen-bond donors (Lipinski definition) is 0. The number of alkyl halides is 5. The van der Waals surface area contributed by atoms with Gasteiger partial charge in [0, 0.05) is 37.2 Å². The summed E-state index contributed by atoms with van der Waals surface area (Å²) in [5.41, 5.74) is -1.47. The van der Waals surface area contributed by atoms with E-state index in [1.807, 2.05) is 66.7 Å². The summed E-state index contributed by atoms with van der Waals surface area (Å²) in [6.07, 6.45) is -1.50. The molecule has 4 aromatic carbocycles. The lowest BCUT2D eigenvalue weighted by atomic mass is 9.83. The summed E-state index contributed by atoms with van der Waals surface area (Å²) in [6.45, 7) is 0.234. The van der Waals surface area contributed by atoms with Crippen molar-refractivity contribution in [3.63, 3.8) is 0 Å². The third kappa shape index (κ3) is 8.02. The average Bonchev–Trinajstić information content (AvgIpc) is 3.66. The van der Waals surface area contributed by atoms with Gasteiger partial charge in [-0.15, -0.1) is 0 Å². The third-order valence-corrected chi connectivity index (χ3v) is 10.8. The van der Waals surface area contributed by atoms with E-state index in [2.05, 4.69) is 0 Å². The highest BCUT2D eigenvalue weighted by Crippen LogP contribution is 2.46. The lowest BCUT2D eigenvalue weighted by molar-refractivity contribution is -0.283. The second-order valence-electron chi connectivity index (χ2n) is 14.2. The van der Waals surface area contributed by atoms with Crippen molar-refractivity contribution in [1.29, 1.82) is 0 Å². The Kier molecular flexibility index (Phi) is 11.3. The number of carbonyl (C=O) groups excluding carboxylic acids is 2. The fraction of sp³-hybridized carbons (Fsp3) is 0.429. The molecule has 3 atom stereocenters. The Labute approximate surface area is 301 Å². The minimum absolute atomic E-state index is 0.102. The van der Waals surface area contributed by atoms with Gasteiger partial charge in [-0.3, -0.25) is 4.79 Å². The number of ether oxygens (including phenoxy) is 2. The molecule has 5 nitrogen and oxygen atoms in total. The second-order valence-corrected chi connectivity index (χ2v) is 14.2. The first-order valence-corrected chi connectivity index (χ1v) is 18.1. The molecule has 0 radical (unpaired) electrons. The SMILES string of the molecule is CO[C@](C(=O)O[C@@H]1CC[C@@H](C(=O)N(CCc2ccc3ccccc3c2)c2ccc(CCC3CCCC3)cc2)CC1(F)F)(c1ccccc1)C(F)(F)F. The second kappa shape index (κ2) is 15.7. The van der Waals surface area contributed by atoms with Crippen LogP contribution in [-0.4, -0.2) is 43.7 Å². The number of aryl methyl sites for hydroxylation is 1. The van der Waals surface area contributed by atoms with Crippen LogP contribution in [0.2, 0.25) is 0 Å². The molecule has 6 rings (SSSR count). The van der Waals surface area contributed by atoms with Crippen molar-refractivity contribution in [3.05, 3.63) is 114 Å². The van der Waals surface area contributed by atoms with E-state index < -0.39 is 60.0 Å². The zero-order valence-electron chi connectivity index (χ0n) is 29.2. The normalized spacial score (nSPS) is 20.3. The molecule has 0 spiro atoms. The van der Waals surface area contributed by atoms with Crippen LogP contribution in [0.5, 0.6) is 0 Å². The van der Waals surface area contributed by atoms with Crippen molar-refractivity contribution in [3.8, 4) is 0 Å². The van der Waals surface area contributed by atoms with E-state index in [1.165, 1.54) is 48.8 Å². The van der Waals surface area contributed by atoms with Crippen LogP contribution in [0.15, 0.2) is 97.1 Å². The first-order valence-electron chi connectivity index (χ1n) is 18.1. The van der Waals surface area contributed by atoms with Gasteiger partial charge in [-0.1, -0.05) is 111 Å². The Bertz CT molecular complexity index is 1820.